The van der Waals surface area contributed by atoms with Gasteiger partial charge in [-0.05, 0) is 23.8 Å². The Hall–Kier alpha value is -3.67. The molecule has 0 amide bonds. The van der Waals surface area contributed by atoms with Crippen LogP contribution in [0.4, 0.5) is 0 Å². The number of carbonyl (C=O) groups excluding carboxylic acids is 1. The lowest BCUT2D eigenvalue weighted by atomic mass is 9.79. The maximum Gasteiger partial charge on any atom is 0.260 e. The van der Waals surface area contributed by atoms with E-state index in [1.165, 1.54) is 7.11 Å². The highest BCUT2D eigenvalue weighted by molar-refractivity contribution is 5.96. The molecule has 4 rings (SSSR count). The van der Waals surface area contributed by atoms with Gasteiger partial charge in [0.25, 0.3) is 6.04 Å². The van der Waals surface area contributed by atoms with Crippen LogP contribution in [0.25, 0.3) is 0 Å². The maximum absolute atomic E-state index is 13.0. The summed E-state index contributed by atoms with van der Waals surface area (Å²) in [5.74, 6) is 0.301. The lowest BCUT2D eigenvalue weighted by Gasteiger charge is -2.34. The molecule has 0 aromatic heterocycles. The number of methoxy groups -OCH3 is 1. The van der Waals surface area contributed by atoms with E-state index >= 15 is 0 Å². The van der Waals surface area contributed by atoms with Gasteiger partial charge in [-0.1, -0.05) is 60.7 Å². The van der Waals surface area contributed by atoms with Crippen LogP contribution < -0.4 is 9.47 Å². The van der Waals surface area contributed by atoms with E-state index in [4.69, 9.17) is 9.47 Å². The predicted octanol–water partition coefficient (Wildman–Crippen LogP) is 4.83. The highest BCUT2D eigenvalue weighted by Gasteiger charge is 2.48. The minimum atomic E-state index is -1.11. The van der Waals surface area contributed by atoms with Gasteiger partial charge in [-0.25, -0.2) is 0 Å². The van der Waals surface area contributed by atoms with Crippen LogP contribution in [0.1, 0.15) is 39.9 Å². The molecule has 0 bridgehead atoms. The third kappa shape index (κ3) is 3.76. The Morgan fingerprint density at radius 2 is 1.70 bits per heavy atom. The fourth-order valence-corrected chi connectivity index (χ4v) is 3.99. The Labute approximate surface area is 174 Å². The molecule has 1 heterocycles. The number of carbonyl (C=O) groups is 1. The third-order valence-electron chi connectivity index (χ3n) is 5.47. The summed E-state index contributed by atoms with van der Waals surface area (Å²) in [4.78, 5) is 24.9. The number of nitro groups is 1. The first-order chi connectivity index (χ1) is 14.6. The standard InChI is InChI=1S/C24H21NO5/c1-29-18-12-13-22-19(14-18)20(15-21(26)16-8-4-2-5-9-16)23(25(27)28)24(30-22)17-10-6-3-7-11-17/h2-14,20,23-24H,15H2,1H3/t20-,23+,24-/m1/s1. The monoisotopic (exact) mass is 403 g/mol. The zero-order chi connectivity index (χ0) is 21.1. The molecule has 6 nitrogen and oxygen atoms in total. The van der Waals surface area contributed by atoms with E-state index in [0.29, 0.717) is 28.2 Å². The van der Waals surface area contributed by atoms with Gasteiger partial charge < -0.3 is 9.47 Å². The largest absolute Gasteiger partial charge is 0.497 e. The highest BCUT2D eigenvalue weighted by atomic mass is 16.6. The maximum atomic E-state index is 13.0. The van der Waals surface area contributed by atoms with Crippen LogP contribution in [-0.4, -0.2) is 23.9 Å². The Morgan fingerprint density at radius 1 is 1.03 bits per heavy atom. The molecule has 0 unspecified atom stereocenters. The fraction of sp³-hybridized carbons (Fsp3) is 0.208. The van der Waals surface area contributed by atoms with Crippen molar-refractivity contribution in [3.8, 4) is 11.5 Å². The minimum Gasteiger partial charge on any atom is -0.497 e. The summed E-state index contributed by atoms with van der Waals surface area (Å²) in [5.41, 5.74) is 1.86. The number of ketones is 1. The van der Waals surface area contributed by atoms with Gasteiger partial charge in [-0.15, -0.1) is 0 Å². The first kappa shape index (κ1) is 19.6. The van der Waals surface area contributed by atoms with Crippen molar-refractivity contribution in [3.05, 3.63) is 106 Å². The van der Waals surface area contributed by atoms with Gasteiger partial charge in [0.15, 0.2) is 11.9 Å². The van der Waals surface area contributed by atoms with Crippen molar-refractivity contribution in [1.82, 2.24) is 0 Å². The van der Waals surface area contributed by atoms with Gasteiger partial charge in [-0.3, -0.25) is 14.9 Å². The van der Waals surface area contributed by atoms with Gasteiger partial charge in [0, 0.05) is 22.5 Å². The molecule has 0 aliphatic carbocycles. The van der Waals surface area contributed by atoms with Crippen LogP contribution >= 0.6 is 0 Å². The van der Waals surface area contributed by atoms with Gasteiger partial charge in [0.1, 0.15) is 11.5 Å². The molecule has 0 saturated heterocycles. The van der Waals surface area contributed by atoms with Gasteiger partial charge in [-0.2, -0.15) is 0 Å². The van der Waals surface area contributed by atoms with Crippen molar-refractivity contribution in [1.29, 1.82) is 0 Å². The number of hydrogen-bond acceptors (Lipinski definition) is 5. The smallest absolute Gasteiger partial charge is 0.260 e. The molecule has 1 aliphatic heterocycles. The number of fused-ring (bicyclic) bond motifs is 1. The lowest BCUT2D eigenvalue weighted by molar-refractivity contribution is -0.540. The van der Waals surface area contributed by atoms with Crippen molar-refractivity contribution in [2.45, 2.75) is 24.5 Å². The third-order valence-corrected chi connectivity index (χ3v) is 5.47. The summed E-state index contributed by atoms with van der Waals surface area (Å²) >= 11 is 0. The molecule has 6 heteroatoms. The van der Waals surface area contributed by atoms with Gasteiger partial charge >= 0.3 is 0 Å². The summed E-state index contributed by atoms with van der Waals surface area (Å²) in [6, 6.07) is 22.1. The second kappa shape index (κ2) is 8.37. The molecule has 0 spiro atoms. The van der Waals surface area contributed by atoms with Crippen molar-refractivity contribution in [2.75, 3.05) is 7.11 Å². The number of rotatable bonds is 6. The molecule has 3 aromatic carbocycles. The van der Waals surface area contributed by atoms with E-state index in [2.05, 4.69) is 0 Å². The normalized spacial score (nSPS) is 20.0. The second-order valence-electron chi connectivity index (χ2n) is 7.23. The molecule has 3 atom stereocenters. The van der Waals surface area contributed by atoms with E-state index in [1.807, 2.05) is 36.4 Å². The van der Waals surface area contributed by atoms with Crippen molar-refractivity contribution in [3.63, 3.8) is 0 Å². The number of nitrogens with zero attached hydrogens (tertiary/aromatic N) is 1. The van der Waals surface area contributed by atoms with Gasteiger partial charge in [0.05, 0.1) is 13.0 Å². The number of ether oxygens (including phenoxy) is 2. The first-order valence-electron chi connectivity index (χ1n) is 9.69. The van der Waals surface area contributed by atoms with Crippen LogP contribution in [0.3, 0.4) is 0 Å². The van der Waals surface area contributed by atoms with E-state index in [0.717, 1.165) is 0 Å². The Bertz CT molecular complexity index is 1050. The SMILES string of the molecule is COc1ccc2c(c1)[C@@H](CC(=O)c1ccccc1)[C@H]([N+](=O)[O-])[C@@H](c1ccccc1)O2. The summed E-state index contributed by atoms with van der Waals surface area (Å²) in [6.07, 6.45) is -0.793. The quantitative estimate of drug-likeness (QED) is 0.335. The first-order valence-corrected chi connectivity index (χ1v) is 9.69. The Kier molecular flexibility index (Phi) is 5.48. The molecule has 1 aliphatic rings. The zero-order valence-corrected chi connectivity index (χ0v) is 16.4. The van der Waals surface area contributed by atoms with Crippen molar-refractivity contribution >= 4 is 5.78 Å². The van der Waals surface area contributed by atoms with Crippen LogP contribution in [0.15, 0.2) is 78.9 Å². The molecular formula is C24H21NO5. The second-order valence-corrected chi connectivity index (χ2v) is 7.23. The highest BCUT2D eigenvalue weighted by Crippen LogP contribution is 2.46. The number of hydrogen-bond donors (Lipinski definition) is 0. The summed E-state index contributed by atoms with van der Waals surface area (Å²) in [6.45, 7) is 0. The zero-order valence-electron chi connectivity index (χ0n) is 16.4. The van der Waals surface area contributed by atoms with Crippen LogP contribution in [0.5, 0.6) is 11.5 Å². The number of benzene rings is 3. The Balaban J connectivity index is 1.80. The molecule has 0 N–H and O–H groups in total. The van der Waals surface area contributed by atoms with Crippen LogP contribution in [-0.2, 0) is 0 Å². The topological polar surface area (TPSA) is 78.7 Å². The van der Waals surface area contributed by atoms with Crippen molar-refractivity contribution < 1.29 is 19.2 Å². The number of Topliss-reactive ketones (excluding diaryl/α,β-unsaturated/α-hetero) is 1. The van der Waals surface area contributed by atoms with E-state index < -0.39 is 18.1 Å². The lowest BCUT2D eigenvalue weighted by Crippen LogP contribution is -2.41. The molecule has 3 aromatic rings. The van der Waals surface area contributed by atoms with Gasteiger partial charge in [0.2, 0.25) is 0 Å². The van der Waals surface area contributed by atoms with Crippen LogP contribution in [0.2, 0.25) is 0 Å². The van der Waals surface area contributed by atoms with E-state index in [1.54, 1.807) is 42.5 Å². The molecule has 152 valence electrons. The average molecular weight is 403 g/mol. The molecule has 30 heavy (non-hydrogen) atoms. The molecular weight excluding hydrogens is 382 g/mol. The van der Waals surface area contributed by atoms with Crippen molar-refractivity contribution in [2.24, 2.45) is 0 Å². The molecule has 0 fully saturated rings. The molecule has 0 radical (unpaired) electrons. The predicted molar refractivity (Wildman–Crippen MR) is 112 cm³/mol. The van der Waals surface area contributed by atoms with Crippen LogP contribution in [0, 0.1) is 10.1 Å². The minimum absolute atomic E-state index is 0.00250. The fourth-order valence-electron chi connectivity index (χ4n) is 3.99. The van der Waals surface area contributed by atoms with E-state index in [-0.39, 0.29) is 17.1 Å². The Morgan fingerprint density at radius 3 is 2.33 bits per heavy atom. The summed E-state index contributed by atoms with van der Waals surface area (Å²) in [5, 5.41) is 12.2. The summed E-state index contributed by atoms with van der Waals surface area (Å²) < 4.78 is 11.4. The average Bonchev–Trinajstić information content (AvgIpc) is 2.79. The summed E-state index contributed by atoms with van der Waals surface area (Å²) in [7, 11) is 1.54. The van der Waals surface area contributed by atoms with E-state index in [9.17, 15) is 14.9 Å². The molecule has 0 saturated carbocycles.